The zero-order chi connectivity index (χ0) is 11.6. The van der Waals surface area contributed by atoms with Crippen LogP contribution in [0.2, 0.25) is 0 Å². The predicted octanol–water partition coefficient (Wildman–Crippen LogP) is 2.40. The van der Waals surface area contributed by atoms with Crippen LogP contribution in [0, 0.1) is 16.7 Å². The van der Waals surface area contributed by atoms with Gasteiger partial charge in [-0.05, 0) is 31.2 Å². The second-order valence-electron chi connectivity index (χ2n) is 4.09. The molecule has 0 radical (unpaired) electrons. The summed E-state index contributed by atoms with van der Waals surface area (Å²) in [5.74, 6) is 0.00546. The van der Waals surface area contributed by atoms with E-state index in [2.05, 4.69) is 6.07 Å². The number of amides is 1. The monoisotopic (exact) mass is 234 g/mol. The van der Waals surface area contributed by atoms with Gasteiger partial charge in [-0.15, -0.1) is 11.3 Å². The van der Waals surface area contributed by atoms with Crippen molar-refractivity contribution in [1.29, 1.82) is 5.26 Å². The van der Waals surface area contributed by atoms with Gasteiger partial charge in [0.25, 0.3) is 0 Å². The van der Waals surface area contributed by atoms with E-state index in [1.54, 1.807) is 16.2 Å². The molecule has 0 spiro atoms. The number of carbonyl (C=O) groups excluding carboxylic acids is 1. The van der Waals surface area contributed by atoms with Crippen LogP contribution in [0.1, 0.15) is 24.6 Å². The summed E-state index contributed by atoms with van der Waals surface area (Å²) in [6, 6.07) is 6.16. The van der Waals surface area contributed by atoms with Crippen LogP contribution < -0.4 is 0 Å². The molecule has 84 valence electrons. The zero-order valence-electron chi connectivity index (χ0n) is 9.27. The maximum Gasteiger partial charge on any atom is 0.243 e. The van der Waals surface area contributed by atoms with Crippen LogP contribution >= 0.6 is 11.3 Å². The minimum atomic E-state index is -0.687. The van der Waals surface area contributed by atoms with Gasteiger partial charge in [-0.3, -0.25) is 4.79 Å². The molecule has 2 rings (SSSR count). The molecule has 0 saturated heterocycles. The van der Waals surface area contributed by atoms with Crippen LogP contribution in [0.5, 0.6) is 0 Å². The molecule has 0 aromatic carbocycles. The first-order chi connectivity index (χ1) is 7.72. The van der Waals surface area contributed by atoms with Crippen molar-refractivity contribution in [2.75, 3.05) is 6.54 Å². The van der Waals surface area contributed by atoms with E-state index < -0.39 is 5.41 Å². The van der Waals surface area contributed by atoms with Crippen LogP contribution in [0.25, 0.3) is 0 Å². The van der Waals surface area contributed by atoms with Crippen LogP contribution in [0.3, 0.4) is 0 Å². The van der Waals surface area contributed by atoms with Crippen LogP contribution in [-0.2, 0) is 11.3 Å². The van der Waals surface area contributed by atoms with Crippen molar-refractivity contribution in [3.8, 4) is 6.07 Å². The van der Waals surface area contributed by atoms with Gasteiger partial charge in [0.05, 0.1) is 12.6 Å². The fraction of sp³-hybridized carbons (Fsp3) is 0.500. The summed E-state index contributed by atoms with van der Waals surface area (Å²) in [6.07, 6.45) is 1.45. The molecule has 1 heterocycles. The summed E-state index contributed by atoms with van der Waals surface area (Å²) in [5, 5.41) is 11.0. The summed E-state index contributed by atoms with van der Waals surface area (Å²) < 4.78 is 0. The SMILES string of the molecule is CCN(Cc1cccs1)C(=O)C1(C#N)CC1. The van der Waals surface area contributed by atoms with Crippen LogP contribution in [-0.4, -0.2) is 17.4 Å². The molecule has 16 heavy (non-hydrogen) atoms. The molecule has 0 atom stereocenters. The molecule has 0 bridgehead atoms. The molecule has 1 saturated carbocycles. The number of thiophene rings is 1. The fourth-order valence-electron chi connectivity index (χ4n) is 1.72. The first-order valence-corrected chi connectivity index (χ1v) is 6.33. The zero-order valence-corrected chi connectivity index (χ0v) is 10.1. The maximum absolute atomic E-state index is 12.1. The van der Waals surface area contributed by atoms with Crippen molar-refractivity contribution in [2.24, 2.45) is 5.41 Å². The molecular formula is C12H14N2OS. The fourth-order valence-corrected chi connectivity index (χ4v) is 2.44. The molecule has 1 aliphatic carbocycles. The van der Waals surface area contributed by atoms with E-state index in [9.17, 15) is 4.79 Å². The second-order valence-corrected chi connectivity index (χ2v) is 5.12. The lowest BCUT2D eigenvalue weighted by Crippen LogP contribution is -2.35. The van der Waals surface area contributed by atoms with E-state index >= 15 is 0 Å². The number of carbonyl (C=O) groups is 1. The highest BCUT2D eigenvalue weighted by Gasteiger charge is 2.52. The van der Waals surface area contributed by atoms with Gasteiger partial charge in [0.2, 0.25) is 5.91 Å². The Morgan fingerprint density at radius 3 is 2.88 bits per heavy atom. The molecule has 3 nitrogen and oxygen atoms in total. The quantitative estimate of drug-likeness (QED) is 0.803. The highest BCUT2D eigenvalue weighted by molar-refractivity contribution is 7.09. The van der Waals surface area contributed by atoms with Crippen LogP contribution in [0.15, 0.2) is 17.5 Å². The first-order valence-electron chi connectivity index (χ1n) is 5.45. The Kier molecular flexibility index (Phi) is 2.97. The topological polar surface area (TPSA) is 44.1 Å². The third-order valence-electron chi connectivity index (χ3n) is 2.97. The molecule has 0 unspecified atom stereocenters. The molecule has 1 amide bonds. The summed E-state index contributed by atoms with van der Waals surface area (Å²) in [6.45, 7) is 3.26. The van der Waals surface area contributed by atoms with Gasteiger partial charge < -0.3 is 4.90 Å². The minimum absolute atomic E-state index is 0.00546. The first kappa shape index (κ1) is 11.2. The van der Waals surface area contributed by atoms with Gasteiger partial charge in [0.15, 0.2) is 0 Å². The van der Waals surface area contributed by atoms with Crippen molar-refractivity contribution in [3.63, 3.8) is 0 Å². The summed E-state index contributed by atoms with van der Waals surface area (Å²) in [7, 11) is 0. The molecule has 1 aromatic heterocycles. The molecule has 0 aliphatic heterocycles. The summed E-state index contributed by atoms with van der Waals surface area (Å²) in [4.78, 5) is 15.1. The predicted molar refractivity (Wildman–Crippen MR) is 62.7 cm³/mol. The van der Waals surface area contributed by atoms with E-state index in [0.29, 0.717) is 13.1 Å². The summed E-state index contributed by atoms with van der Waals surface area (Å²) >= 11 is 1.65. The average molecular weight is 234 g/mol. The number of hydrogen-bond donors (Lipinski definition) is 0. The van der Waals surface area contributed by atoms with Crippen molar-refractivity contribution in [2.45, 2.75) is 26.3 Å². The van der Waals surface area contributed by atoms with E-state index in [-0.39, 0.29) is 5.91 Å². The smallest absolute Gasteiger partial charge is 0.243 e. The second kappa shape index (κ2) is 4.26. The van der Waals surface area contributed by atoms with Crippen molar-refractivity contribution in [3.05, 3.63) is 22.4 Å². The third-order valence-corrected chi connectivity index (χ3v) is 3.83. The van der Waals surface area contributed by atoms with Gasteiger partial charge in [-0.2, -0.15) is 5.26 Å². The Bertz CT molecular complexity index is 415. The molecule has 0 N–H and O–H groups in total. The Hall–Kier alpha value is -1.34. The molecule has 1 aromatic rings. The maximum atomic E-state index is 12.1. The number of nitriles is 1. The van der Waals surface area contributed by atoms with Gasteiger partial charge in [0.1, 0.15) is 5.41 Å². The minimum Gasteiger partial charge on any atom is -0.336 e. The van der Waals surface area contributed by atoms with E-state index in [0.717, 1.165) is 12.8 Å². The third kappa shape index (κ3) is 1.96. The van der Waals surface area contributed by atoms with Gasteiger partial charge in [0, 0.05) is 11.4 Å². The van der Waals surface area contributed by atoms with Crippen molar-refractivity contribution < 1.29 is 4.79 Å². The van der Waals surface area contributed by atoms with Gasteiger partial charge in [-0.1, -0.05) is 6.07 Å². The highest BCUT2D eigenvalue weighted by atomic mass is 32.1. The molecule has 4 heteroatoms. The normalized spacial score (nSPS) is 16.5. The number of rotatable bonds is 4. The Balaban J connectivity index is 2.06. The van der Waals surface area contributed by atoms with Crippen molar-refractivity contribution in [1.82, 2.24) is 4.90 Å². The Morgan fingerprint density at radius 1 is 1.69 bits per heavy atom. The van der Waals surface area contributed by atoms with E-state index in [4.69, 9.17) is 5.26 Å². The lowest BCUT2D eigenvalue weighted by Gasteiger charge is -2.22. The number of nitrogens with zero attached hydrogens (tertiary/aromatic N) is 2. The van der Waals surface area contributed by atoms with Crippen LogP contribution in [0.4, 0.5) is 0 Å². The van der Waals surface area contributed by atoms with E-state index in [1.807, 2.05) is 24.4 Å². The van der Waals surface area contributed by atoms with E-state index in [1.165, 1.54) is 4.88 Å². The Labute approximate surface area is 99.3 Å². The highest BCUT2D eigenvalue weighted by Crippen LogP contribution is 2.46. The van der Waals surface area contributed by atoms with Crippen molar-refractivity contribution >= 4 is 17.2 Å². The summed E-state index contributed by atoms with van der Waals surface area (Å²) in [5.41, 5.74) is -0.687. The molecule has 1 aliphatic rings. The lowest BCUT2D eigenvalue weighted by atomic mass is 10.1. The van der Waals surface area contributed by atoms with Gasteiger partial charge >= 0.3 is 0 Å². The lowest BCUT2D eigenvalue weighted by molar-refractivity contribution is -0.135. The molecule has 1 fully saturated rings. The average Bonchev–Trinajstić information content (AvgIpc) is 2.95. The Morgan fingerprint density at radius 2 is 2.44 bits per heavy atom. The number of hydrogen-bond acceptors (Lipinski definition) is 3. The van der Waals surface area contributed by atoms with Gasteiger partial charge in [-0.25, -0.2) is 0 Å². The largest absolute Gasteiger partial charge is 0.336 e. The standard InChI is InChI=1S/C12H14N2OS/c1-2-14(8-10-4-3-7-16-10)11(15)12(9-13)5-6-12/h3-4,7H,2,5-6,8H2,1H3. The molecular weight excluding hydrogens is 220 g/mol.